The molecule has 1 aliphatic heterocycles. The smallest absolute Gasteiger partial charge is 0.253 e. The van der Waals surface area contributed by atoms with Crippen LogP contribution < -0.4 is 10.1 Å². The summed E-state index contributed by atoms with van der Waals surface area (Å²) >= 11 is 0. The maximum atomic E-state index is 12.3. The second kappa shape index (κ2) is 8.60. The fraction of sp³-hybridized carbons (Fsp3) is 0.368. The SMILES string of the molecule is C[C@H](OC[C@@H]1CCCO1)C(=O)Nc1cccc(Oc2ccncc2)c1. The van der Waals surface area contributed by atoms with Crippen LogP contribution >= 0.6 is 0 Å². The van der Waals surface area contributed by atoms with Gasteiger partial charge in [-0.25, -0.2) is 0 Å². The molecule has 1 fully saturated rings. The summed E-state index contributed by atoms with van der Waals surface area (Å²) in [5, 5.41) is 2.85. The second-order valence-electron chi connectivity index (χ2n) is 5.91. The molecule has 1 aliphatic rings. The number of benzene rings is 1. The van der Waals surface area contributed by atoms with Gasteiger partial charge in [0.1, 0.15) is 17.6 Å². The average Bonchev–Trinajstić information content (AvgIpc) is 3.14. The fourth-order valence-electron chi connectivity index (χ4n) is 2.53. The van der Waals surface area contributed by atoms with E-state index in [0.29, 0.717) is 23.8 Å². The van der Waals surface area contributed by atoms with Gasteiger partial charge in [0.15, 0.2) is 0 Å². The lowest BCUT2D eigenvalue weighted by atomic mass is 10.2. The number of hydrogen-bond acceptors (Lipinski definition) is 5. The molecule has 1 amide bonds. The molecule has 132 valence electrons. The largest absolute Gasteiger partial charge is 0.457 e. The normalized spacial score (nSPS) is 17.9. The number of hydrogen-bond donors (Lipinski definition) is 1. The van der Waals surface area contributed by atoms with Crippen LogP contribution in [0.5, 0.6) is 11.5 Å². The third-order valence-corrected chi connectivity index (χ3v) is 3.91. The van der Waals surface area contributed by atoms with Crippen LogP contribution in [-0.4, -0.2) is 36.3 Å². The van der Waals surface area contributed by atoms with Crippen molar-refractivity contribution in [2.75, 3.05) is 18.5 Å². The number of aromatic nitrogens is 1. The molecule has 0 spiro atoms. The molecule has 6 nitrogen and oxygen atoms in total. The Kier molecular flexibility index (Phi) is 5.98. The summed E-state index contributed by atoms with van der Waals surface area (Å²) in [6.07, 6.45) is 4.92. The molecule has 1 saturated heterocycles. The predicted octanol–water partition coefficient (Wildman–Crippen LogP) is 3.40. The summed E-state index contributed by atoms with van der Waals surface area (Å²) < 4.78 is 16.8. The topological polar surface area (TPSA) is 69.7 Å². The van der Waals surface area contributed by atoms with E-state index < -0.39 is 6.10 Å². The van der Waals surface area contributed by atoms with Crippen molar-refractivity contribution in [3.8, 4) is 11.5 Å². The third-order valence-electron chi connectivity index (χ3n) is 3.91. The molecule has 0 saturated carbocycles. The zero-order valence-corrected chi connectivity index (χ0v) is 14.2. The number of rotatable bonds is 7. The Morgan fingerprint density at radius 1 is 1.32 bits per heavy atom. The van der Waals surface area contributed by atoms with Crippen LogP contribution in [0.4, 0.5) is 5.69 Å². The molecule has 3 rings (SSSR count). The van der Waals surface area contributed by atoms with Crippen molar-refractivity contribution >= 4 is 11.6 Å². The number of carbonyl (C=O) groups is 1. The highest BCUT2D eigenvalue weighted by molar-refractivity contribution is 5.94. The average molecular weight is 342 g/mol. The molecule has 0 radical (unpaired) electrons. The van der Waals surface area contributed by atoms with Crippen molar-refractivity contribution in [1.82, 2.24) is 4.98 Å². The van der Waals surface area contributed by atoms with E-state index in [1.54, 1.807) is 37.5 Å². The molecule has 1 aromatic carbocycles. The Balaban J connectivity index is 1.52. The number of pyridine rings is 1. The molecule has 25 heavy (non-hydrogen) atoms. The van der Waals surface area contributed by atoms with Crippen LogP contribution in [0.25, 0.3) is 0 Å². The molecule has 2 aromatic rings. The molecule has 1 N–H and O–H groups in total. The van der Waals surface area contributed by atoms with Gasteiger partial charge in [-0.3, -0.25) is 9.78 Å². The molecule has 6 heteroatoms. The summed E-state index contributed by atoms with van der Waals surface area (Å²) in [6, 6.07) is 10.8. The summed E-state index contributed by atoms with van der Waals surface area (Å²) in [7, 11) is 0. The van der Waals surface area contributed by atoms with Gasteiger partial charge in [0.2, 0.25) is 0 Å². The highest BCUT2D eigenvalue weighted by atomic mass is 16.5. The number of anilines is 1. The summed E-state index contributed by atoms with van der Waals surface area (Å²) in [5.41, 5.74) is 0.657. The number of ether oxygens (including phenoxy) is 3. The minimum Gasteiger partial charge on any atom is -0.457 e. The van der Waals surface area contributed by atoms with E-state index in [1.165, 1.54) is 0 Å². The Morgan fingerprint density at radius 3 is 2.92 bits per heavy atom. The van der Waals surface area contributed by atoms with Gasteiger partial charge in [-0.2, -0.15) is 0 Å². The van der Waals surface area contributed by atoms with Crippen LogP contribution in [0, 0.1) is 0 Å². The van der Waals surface area contributed by atoms with E-state index in [1.807, 2.05) is 18.2 Å². The maximum absolute atomic E-state index is 12.3. The first-order valence-corrected chi connectivity index (χ1v) is 8.43. The Hall–Kier alpha value is -2.44. The van der Waals surface area contributed by atoms with Crippen LogP contribution in [0.2, 0.25) is 0 Å². The summed E-state index contributed by atoms with van der Waals surface area (Å²) in [5.74, 6) is 1.13. The van der Waals surface area contributed by atoms with Crippen LogP contribution in [0.3, 0.4) is 0 Å². The van der Waals surface area contributed by atoms with Gasteiger partial charge in [0, 0.05) is 30.8 Å². The van der Waals surface area contributed by atoms with Gasteiger partial charge in [0.25, 0.3) is 5.91 Å². The fourth-order valence-corrected chi connectivity index (χ4v) is 2.53. The van der Waals surface area contributed by atoms with Crippen molar-refractivity contribution in [3.63, 3.8) is 0 Å². The lowest BCUT2D eigenvalue weighted by Gasteiger charge is -2.16. The lowest BCUT2D eigenvalue weighted by Crippen LogP contribution is -2.30. The van der Waals surface area contributed by atoms with Gasteiger partial charge in [-0.1, -0.05) is 6.07 Å². The number of amides is 1. The quantitative estimate of drug-likeness (QED) is 0.835. The van der Waals surface area contributed by atoms with Gasteiger partial charge < -0.3 is 19.5 Å². The van der Waals surface area contributed by atoms with Crippen molar-refractivity contribution in [1.29, 1.82) is 0 Å². The molecule has 0 aliphatic carbocycles. The van der Waals surface area contributed by atoms with E-state index in [2.05, 4.69) is 10.3 Å². The van der Waals surface area contributed by atoms with Gasteiger partial charge in [-0.05, 0) is 44.0 Å². The number of nitrogens with zero attached hydrogens (tertiary/aromatic N) is 1. The highest BCUT2D eigenvalue weighted by Gasteiger charge is 2.20. The van der Waals surface area contributed by atoms with Gasteiger partial charge >= 0.3 is 0 Å². The highest BCUT2D eigenvalue weighted by Crippen LogP contribution is 2.23. The Labute approximate surface area is 147 Å². The minimum atomic E-state index is -0.547. The zero-order valence-electron chi connectivity index (χ0n) is 14.2. The van der Waals surface area contributed by atoms with E-state index in [-0.39, 0.29) is 12.0 Å². The van der Waals surface area contributed by atoms with Gasteiger partial charge in [-0.15, -0.1) is 0 Å². The second-order valence-corrected chi connectivity index (χ2v) is 5.91. The van der Waals surface area contributed by atoms with Gasteiger partial charge in [0.05, 0.1) is 12.7 Å². The Morgan fingerprint density at radius 2 is 2.16 bits per heavy atom. The van der Waals surface area contributed by atoms with Crippen molar-refractivity contribution < 1.29 is 19.0 Å². The molecule has 1 aromatic heterocycles. The summed E-state index contributed by atoms with van der Waals surface area (Å²) in [6.45, 7) is 2.96. The minimum absolute atomic E-state index is 0.104. The number of carbonyl (C=O) groups excluding carboxylic acids is 1. The first kappa shape index (κ1) is 17.4. The maximum Gasteiger partial charge on any atom is 0.253 e. The van der Waals surface area contributed by atoms with Crippen molar-refractivity contribution in [3.05, 3.63) is 48.8 Å². The van der Waals surface area contributed by atoms with Crippen molar-refractivity contribution in [2.24, 2.45) is 0 Å². The zero-order chi connectivity index (χ0) is 17.5. The molecule has 2 heterocycles. The molecular weight excluding hydrogens is 320 g/mol. The first-order valence-electron chi connectivity index (χ1n) is 8.43. The van der Waals surface area contributed by atoms with Crippen molar-refractivity contribution in [2.45, 2.75) is 32.0 Å². The predicted molar refractivity (Wildman–Crippen MR) is 93.8 cm³/mol. The first-order chi connectivity index (χ1) is 12.2. The van der Waals surface area contributed by atoms with Crippen LogP contribution in [0.15, 0.2) is 48.8 Å². The van der Waals surface area contributed by atoms with Crippen LogP contribution in [-0.2, 0) is 14.3 Å². The third kappa shape index (κ3) is 5.27. The monoisotopic (exact) mass is 342 g/mol. The molecule has 0 bridgehead atoms. The number of nitrogens with one attached hydrogen (secondary N) is 1. The molecular formula is C19H22N2O4. The van der Waals surface area contributed by atoms with E-state index >= 15 is 0 Å². The molecule has 0 unspecified atom stereocenters. The standard InChI is InChI=1S/C19H22N2O4/c1-14(24-13-18-6-3-11-23-18)19(22)21-15-4-2-5-17(12-15)25-16-7-9-20-10-8-16/h2,4-5,7-10,12,14,18H,3,6,11,13H2,1H3,(H,21,22)/t14-,18-/m0/s1. The van der Waals surface area contributed by atoms with E-state index in [9.17, 15) is 4.79 Å². The molecule has 2 atom stereocenters. The summed E-state index contributed by atoms with van der Waals surface area (Å²) in [4.78, 5) is 16.2. The van der Waals surface area contributed by atoms with E-state index in [0.717, 1.165) is 19.4 Å². The van der Waals surface area contributed by atoms with E-state index in [4.69, 9.17) is 14.2 Å². The Bertz CT molecular complexity index is 687. The van der Waals surface area contributed by atoms with Crippen LogP contribution in [0.1, 0.15) is 19.8 Å². The lowest BCUT2D eigenvalue weighted by molar-refractivity contribution is -0.128.